The Labute approximate surface area is 99.2 Å². The van der Waals surface area contributed by atoms with Crippen LogP contribution in [0.4, 0.5) is 0 Å². The first-order chi connectivity index (χ1) is 7.54. The van der Waals surface area contributed by atoms with E-state index in [1.54, 1.807) is 19.2 Å². The van der Waals surface area contributed by atoms with Crippen LogP contribution in [0.5, 0.6) is 0 Å². The number of carbonyl (C=O) groups is 1. The first kappa shape index (κ1) is 10.9. The Kier molecular flexibility index (Phi) is 2.59. The van der Waals surface area contributed by atoms with Gasteiger partial charge in [-0.25, -0.2) is 9.59 Å². The Hall–Kier alpha value is -1.56. The Bertz CT molecular complexity index is 627. The number of hydrogen-bond acceptors (Lipinski definition) is 3. The van der Waals surface area contributed by atoms with Crippen LogP contribution in [0.15, 0.2) is 21.4 Å². The van der Waals surface area contributed by atoms with Crippen LogP contribution in [0.2, 0.25) is 0 Å². The number of imidazole rings is 1. The Morgan fingerprint density at radius 1 is 1.50 bits per heavy atom. The van der Waals surface area contributed by atoms with Gasteiger partial charge in [-0.05, 0) is 28.1 Å². The molecule has 16 heavy (non-hydrogen) atoms. The van der Waals surface area contributed by atoms with E-state index in [-0.39, 0.29) is 5.69 Å². The number of H-pyrrole nitrogens is 1. The van der Waals surface area contributed by atoms with Crippen LogP contribution in [0.1, 0.15) is 10.4 Å². The van der Waals surface area contributed by atoms with Crippen LogP contribution < -0.4 is 5.69 Å². The second kappa shape index (κ2) is 3.79. The minimum atomic E-state index is -0.442. The monoisotopic (exact) mass is 284 g/mol. The smallest absolute Gasteiger partial charge is 0.339 e. The van der Waals surface area contributed by atoms with E-state index in [0.717, 1.165) is 0 Å². The summed E-state index contributed by atoms with van der Waals surface area (Å²) in [6.45, 7) is 0. The number of esters is 1. The summed E-state index contributed by atoms with van der Waals surface area (Å²) in [4.78, 5) is 25.5. The van der Waals surface area contributed by atoms with Gasteiger partial charge in [0.25, 0.3) is 0 Å². The zero-order valence-corrected chi connectivity index (χ0v) is 10.3. The molecule has 2 aromatic rings. The fraction of sp³-hybridized carbons (Fsp3) is 0.200. The summed E-state index contributed by atoms with van der Waals surface area (Å²) >= 11 is 3.26. The van der Waals surface area contributed by atoms with Gasteiger partial charge in [0.05, 0.1) is 23.7 Å². The molecule has 0 unspecified atom stereocenters. The lowest BCUT2D eigenvalue weighted by Crippen LogP contribution is -2.12. The fourth-order valence-electron chi connectivity index (χ4n) is 1.51. The van der Waals surface area contributed by atoms with Gasteiger partial charge < -0.3 is 9.72 Å². The van der Waals surface area contributed by atoms with E-state index in [1.807, 2.05) is 0 Å². The highest BCUT2D eigenvalue weighted by atomic mass is 79.9. The zero-order chi connectivity index (χ0) is 11.9. The van der Waals surface area contributed by atoms with Crippen LogP contribution >= 0.6 is 15.9 Å². The molecule has 2 rings (SSSR count). The molecule has 0 saturated carbocycles. The Morgan fingerprint density at radius 3 is 2.81 bits per heavy atom. The number of rotatable bonds is 1. The van der Waals surface area contributed by atoms with E-state index < -0.39 is 5.97 Å². The third-order valence-corrected chi connectivity index (χ3v) is 3.05. The number of aryl methyl sites for hydroxylation is 1. The Morgan fingerprint density at radius 2 is 2.19 bits per heavy atom. The number of aromatic nitrogens is 2. The summed E-state index contributed by atoms with van der Waals surface area (Å²) in [5, 5.41) is 0. The van der Waals surface area contributed by atoms with Gasteiger partial charge in [0.2, 0.25) is 0 Å². The van der Waals surface area contributed by atoms with Gasteiger partial charge in [0.15, 0.2) is 0 Å². The lowest BCUT2D eigenvalue weighted by atomic mass is 10.2. The molecule has 0 aliphatic rings. The summed E-state index contributed by atoms with van der Waals surface area (Å²) < 4.78 is 6.68. The standard InChI is InChI=1S/C10H9BrN2O3/c1-13-8-3-5(9(14)16-2)6(11)4-7(8)12-10(13)15/h3-4H,1-2H3,(H,12,15). The third kappa shape index (κ3) is 1.55. The van der Waals surface area contributed by atoms with Crippen molar-refractivity contribution in [3.63, 3.8) is 0 Å². The molecule has 1 aromatic carbocycles. The average Bonchev–Trinajstić information content (AvgIpc) is 2.52. The highest BCUT2D eigenvalue weighted by Gasteiger charge is 2.14. The summed E-state index contributed by atoms with van der Waals surface area (Å²) in [5.41, 5.74) is 1.51. The molecule has 0 atom stereocenters. The molecule has 1 aromatic heterocycles. The van der Waals surface area contributed by atoms with Gasteiger partial charge >= 0.3 is 11.7 Å². The predicted molar refractivity (Wildman–Crippen MR) is 62.6 cm³/mol. The van der Waals surface area contributed by atoms with Gasteiger partial charge in [-0.2, -0.15) is 0 Å². The molecular weight excluding hydrogens is 276 g/mol. The van der Waals surface area contributed by atoms with E-state index in [2.05, 4.69) is 25.7 Å². The quantitative estimate of drug-likeness (QED) is 0.806. The minimum absolute atomic E-state index is 0.219. The molecule has 1 N–H and O–H groups in total. The van der Waals surface area contributed by atoms with E-state index in [1.165, 1.54) is 11.7 Å². The van der Waals surface area contributed by atoms with Crippen molar-refractivity contribution in [3.8, 4) is 0 Å². The number of fused-ring (bicyclic) bond motifs is 1. The molecule has 1 heterocycles. The van der Waals surface area contributed by atoms with Crippen LogP contribution in [0.3, 0.4) is 0 Å². The second-order valence-corrected chi connectivity index (χ2v) is 4.18. The maximum Gasteiger partial charge on any atom is 0.339 e. The van der Waals surface area contributed by atoms with E-state index >= 15 is 0 Å². The SMILES string of the molecule is COC(=O)c1cc2c(cc1Br)[nH]c(=O)n2C. The average molecular weight is 285 g/mol. The van der Waals surface area contributed by atoms with Crippen LogP contribution in [-0.4, -0.2) is 22.6 Å². The summed E-state index contributed by atoms with van der Waals surface area (Å²) in [6, 6.07) is 3.30. The maximum atomic E-state index is 11.4. The largest absolute Gasteiger partial charge is 0.465 e. The number of nitrogens with zero attached hydrogens (tertiary/aromatic N) is 1. The summed E-state index contributed by atoms with van der Waals surface area (Å²) in [7, 11) is 2.95. The van der Waals surface area contributed by atoms with Gasteiger partial charge in [-0.3, -0.25) is 4.57 Å². The molecule has 0 spiro atoms. The number of benzene rings is 1. The Balaban J connectivity index is 2.78. The van der Waals surface area contributed by atoms with Crippen molar-refractivity contribution < 1.29 is 9.53 Å². The minimum Gasteiger partial charge on any atom is -0.465 e. The molecule has 84 valence electrons. The van der Waals surface area contributed by atoms with E-state index in [9.17, 15) is 9.59 Å². The zero-order valence-electron chi connectivity index (χ0n) is 8.70. The first-order valence-corrected chi connectivity index (χ1v) is 5.30. The van der Waals surface area contributed by atoms with Gasteiger partial charge in [0, 0.05) is 11.5 Å². The number of ether oxygens (including phenoxy) is 1. The molecule has 0 radical (unpaired) electrons. The van der Waals surface area contributed by atoms with Crippen molar-refractivity contribution in [1.29, 1.82) is 0 Å². The number of hydrogen-bond donors (Lipinski definition) is 1. The van der Waals surface area contributed by atoms with E-state index in [0.29, 0.717) is 21.1 Å². The molecule has 0 bridgehead atoms. The number of methoxy groups -OCH3 is 1. The van der Waals surface area contributed by atoms with Gasteiger partial charge in [-0.1, -0.05) is 0 Å². The molecule has 0 saturated heterocycles. The second-order valence-electron chi connectivity index (χ2n) is 3.33. The van der Waals surface area contributed by atoms with Crippen LogP contribution in [-0.2, 0) is 11.8 Å². The van der Waals surface area contributed by atoms with Gasteiger partial charge in [-0.15, -0.1) is 0 Å². The summed E-state index contributed by atoms with van der Waals surface area (Å²) in [5.74, 6) is -0.442. The summed E-state index contributed by atoms with van der Waals surface area (Å²) in [6.07, 6.45) is 0. The number of nitrogens with one attached hydrogen (secondary N) is 1. The number of aromatic amines is 1. The fourth-order valence-corrected chi connectivity index (χ4v) is 2.02. The number of carbonyl (C=O) groups excluding carboxylic acids is 1. The first-order valence-electron chi connectivity index (χ1n) is 4.51. The van der Waals surface area contributed by atoms with Crippen LogP contribution in [0.25, 0.3) is 11.0 Å². The molecule has 0 aliphatic carbocycles. The van der Waals surface area contributed by atoms with Crippen molar-refractivity contribution in [2.75, 3.05) is 7.11 Å². The topological polar surface area (TPSA) is 64.1 Å². The lowest BCUT2D eigenvalue weighted by molar-refractivity contribution is 0.0600. The normalized spacial score (nSPS) is 10.7. The molecule has 5 nitrogen and oxygen atoms in total. The molecule has 6 heteroatoms. The predicted octanol–water partition coefficient (Wildman–Crippen LogP) is 1.42. The molecule has 0 amide bonds. The van der Waals surface area contributed by atoms with Crippen molar-refractivity contribution >= 4 is 32.9 Å². The number of halogens is 1. The third-order valence-electron chi connectivity index (χ3n) is 2.40. The van der Waals surface area contributed by atoms with Crippen molar-refractivity contribution in [3.05, 3.63) is 32.7 Å². The highest BCUT2D eigenvalue weighted by molar-refractivity contribution is 9.10. The van der Waals surface area contributed by atoms with Crippen molar-refractivity contribution in [1.82, 2.24) is 9.55 Å². The van der Waals surface area contributed by atoms with Gasteiger partial charge in [0.1, 0.15) is 0 Å². The van der Waals surface area contributed by atoms with E-state index in [4.69, 9.17) is 0 Å². The highest BCUT2D eigenvalue weighted by Crippen LogP contribution is 2.23. The molecule has 0 aliphatic heterocycles. The molecule has 0 fully saturated rings. The van der Waals surface area contributed by atoms with Crippen molar-refractivity contribution in [2.45, 2.75) is 0 Å². The maximum absolute atomic E-state index is 11.4. The van der Waals surface area contributed by atoms with Crippen molar-refractivity contribution in [2.24, 2.45) is 7.05 Å². The molecular formula is C10H9BrN2O3. The van der Waals surface area contributed by atoms with Crippen LogP contribution in [0, 0.1) is 0 Å². The lowest BCUT2D eigenvalue weighted by Gasteiger charge is -2.03.